The van der Waals surface area contributed by atoms with Crippen molar-refractivity contribution in [2.75, 3.05) is 6.54 Å². The molecule has 0 aliphatic rings. The lowest BCUT2D eigenvalue weighted by molar-refractivity contribution is 0.463. The normalized spacial score (nSPS) is 13.0. The summed E-state index contributed by atoms with van der Waals surface area (Å²) >= 11 is 0. The van der Waals surface area contributed by atoms with E-state index in [1.807, 2.05) is 0 Å². The maximum absolute atomic E-state index is 5.91. The molecular formula is C13H30N2. The lowest BCUT2D eigenvalue weighted by Crippen LogP contribution is -2.37. The van der Waals surface area contributed by atoms with Gasteiger partial charge in [-0.05, 0) is 19.4 Å². The van der Waals surface area contributed by atoms with Crippen LogP contribution in [0.2, 0.25) is 0 Å². The van der Waals surface area contributed by atoms with Crippen LogP contribution in [0.25, 0.3) is 0 Å². The van der Waals surface area contributed by atoms with Crippen molar-refractivity contribution in [3.8, 4) is 0 Å². The predicted molar refractivity (Wildman–Crippen MR) is 68.9 cm³/mol. The highest BCUT2D eigenvalue weighted by Gasteiger charge is 1.99. The molecular weight excluding hydrogens is 184 g/mol. The van der Waals surface area contributed by atoms with Crippen LogP contribution in [0.5, 0.6) is 0 Å². The summed E-state index contributed by atoms with van der Waals surface area (Å²) in [5.74, 6) is 0. The Morgan fingerprint density at radius 2 is 1.47 bits per heavy atom. The van der Waals surface area contributed by atoms with Gasteiger partial charge in [-0.3, -0.25) is 0 Å². The Hall–Kier alpha value is -0.0800. The molecule has 92 valence electrons. The minimum absolute atomic E-state index is 0.223. The first-order valence-electron chi connectivity index (χ1n) is 6.80. The van der Waals surface area contributed by atoms with Crippen LogP contribution in [-0.4, -0.2) is 12.7 Å². The summed E-state index contributed by atoms with van der Waals surface area (Å²) < 4.78 is 0. The molecule has 0 rings (SSSR count). The Balaban J connectivity index is 3.02. The first-order valence-corrected chi connectivity index (χ1v) is 6.80. The highest BCUT2D eigenvalue weighted by Crippen LogP contribution is 2.08. The lowest BCUT2D eigenvalue weighted by Gasteiger charge is -2.12. The highest BCUT2D eigenvalue weighted by atomic mass is 15.0. The standard InChI is InChI=1S/C13H30N2/c1-3-5-6-7-8-9-10-11-13(14)15-12-4-2/h13,15H,3-12,14H2,1-2H3. The van der Waals surface area contributed by atoms with E-state index in [0.717, 1.165) is 13.0 Å². The maximum Gasteiger partial charge on any atom is 0.0546 e. The van der Waals surface area contributed by atoms with E-state index in [2.05, 4.69) is 19.2 Å². The monoisotopic (exact) mass is 214 g/mol. The summed E-state index contributed by atoms with van der Waals surface area (Å²) in [7, 11) is 0. The Morgan fingerprint density at radius 1 is 0.867 bits per heavy atom. The number of nitrogens with one attached hydrogen (secondary N) is 1. The molecule has 0 saturated carbocycles. The van der Waals surface area contributed by atoms with Crippen LogP contribution >= 0.6 is 0 Å². The van der Waals surface area contributed by atoms with Crippen molar-refractivity contribution in [2.45, 2.75) is 77.8 Å². The molecule has 0 saturated heterocycles. The van der Waals surface area contributed by atoms with Crippen LogP contribution in [0, 0.1) is 0 Å². The first kappa shape index (κ1) is 14.9. The third-order valence-electron chi connectivity index (χ3n) is 2.78. The molecule has 0 bridgehead atoms. The quantitative estimate of drug-likeness (QED) is 0.408. The first-order chi connectivity index (χ1) is 7.31. The fourth-order valence-corrected chi connectivity index (χ4v) is 1.75. The summed E-state index contributed by atoms with van der Waals surface area (Å²) in [6.07, 6.45) is 12.1. The number of rotatable bonds is 11. The van der Waals surface area contributed by atoms with E-state index in [4.69, 9.17) is 5.73 Å². The lowest BCUT2D eigenvalue weighted by atomic mass is 10.1. The van der Waals surface area contributed by atoms with Gasteiger partial charge in [-0.25, -0.2) is 0 Å². The van der Waals surface area contributed by atoms with Gasteiger partial charge in [-0.2, -0.15) is 0 Å². The van der Waals surface area contributed by atoms with Gasteiger partial charge in [0.25, 0.3) is 0 Å². The van der Waals surface area contributed by atoms with Crippen molar-refractivity contribution in [2.24, 2.45) is 5.73 Å². The van der Waals surface area contributed by atoms with Crippen LogP contribution in [-0.2, 0) is 0 Å². The van der Waals surface area contributed by atoms with Crippen LogP contribution in [0.3, 0.4) is 0 Å². The number of hydrogen-bond donors (Lipinski definition) is 2. The second kappa shape index (κ2) is 12.0. The summed E-state index contributed by atoms with van der Waals surface area (Å²) in [5.41, 5.74) is 5.91. The third-order valence-corrected chi connectivity index (χ3v) is 2.78. The number of nitrogens with two attached hydrogens (primary N) is 1. The second-order valence-corrected chi connectivity index (χ2v) is 4.47. The molecule has 0 aromatic heterocycles. The van der Waals surface area contributed by atoms with Gasteiger partial charge in [0.2, 0.25) is 0 Å². The molecule has 0 fully saturated rings. The zero-order valence-electron chi connectivity index (χ0n) is 10.7. The molecule has 0 aliphatic heterocycles. The van der Waals surface area contributed by atoms with Gasteiger partial charge in [0.05, 0.1) is 6.17 Å². The van der Waals surface area contributed by atoms with Crippen LogP contribution < -0.4 is 11.1 Å². The number of unbranched alkanes of at least 4 members (excludes halogenated alkanes) is 6. The molecule has 1 unspecified atom stereocenters. The molecule has 0 amide bonds. The number of hydrogen-bond acceptors (Lipinski definition) is 2. The largest absolute Gasteiger partial charge is 0.316 e. The van der Waals surface area contributed by atoms with Gasteiger partial charge in [0.1, 0.15) is 0 Å². The molecule has 3 N–H and O–H groups in total. The molecule has 0 aliphatic carbocycles. The van der Waals surface area contributed by atoms with Crippen molar-refractivity contribution in [3.63, 3.8) is 0 Å². The summed E-state index contributed by atoms with van der Waals surface area (Å²) in [5, 5.41) is 3.32. The van der Waals surface area contributed by atoms with E-state index in [1.54, 1.807) is 0 Å². The Kier molecular flexibility index (Phi) is 11.9. The molecule has 0 aromatic rings. The van der Waals surface area contributed by atoms with Crippen LogP contribution in [0.4, 0.5) is 0 Å². The Morgan fingerprint density at radius 3 is 2.07 bits per heavy atom. The zero-order chi connectivity index (χ0) is 11.4. The molecule has 2 heteroatoms. The molecule has 0 spiro atoms. The summed E-state index contributed by atoms with van der Waals surface area (Å²) in [6.45, 7) is 5.49. The summed E-state index contributed by atoms with van der Waals surface area (Å²) in [4.78, 5) is 0. The SMILES string of the molecule is CCCCCCCCCC(N)NCCC. The second-order valence-electron chi connectivity index (χ2n) is 4.47. The van der Waals surface area contributed by atoms with Gasteiger partial charge in [-0.1, -0.05) is 58.8 Å². The average molecular weight is 214 g/mol. The van der Waals surface area contributed by atoms with Gasteiger partial charge in [-0.15, -0.1) is 0 Å². The van der Waals surface area contributed by atoms with E-state index in [-0.39, 0.29) is 6.17 Å². The highest BCUT2D eigenvalue weighted by molar-refractivity contribution is 4.58. The Bertz CT molecular complexity index is 115. The van der Waals surface area contributed by atoms with Crippen molar-refractivity contribution in [1.82, 2.24) is 5.32 Å². The van der Waals surface area contributed by atoms with E-state index in [9.17, 15) is 0 Å². The van der Waals surface area contributed by atoms with E-state index in [1.165, 1.54) is 51.4 Å². The topological polar surface area (TPSA) is 38.0 Å². The van der Waals surface area contributed by atoms with Crippen molar-refractivity contribution < 1.29 is 0 Å². The van der Waals surface area contributed by atoms with Crippen molar-refractivity contribution in [3.05, 3.63) is 0 Å². The van der Waals surface area contributed by atoms with Crippen molar-refractivity contribution >= 4 is 0 Å². The minimum atomic E-state index is 0.223. The van der Waals surface area contributed by atoms with E-state index in [0.29, 0.717) is 0 Å². The van der Waals surface area contributed by atoms with Crippen molar-refractivity contribution in [1.29, 1.82) is 0 Å². The molecule has 0 radical (unpaired) electrons. The van der Waals surface area contributed by atoms with Crippen LogP contribution in [0.15, 0.2) is 0 Å². The molecule has 15 heavy (non-hydrogen) atoms. The Labute approximate surface area is 96.0 Å². The minimum Gasteiger partial charge on any atom is -0.316 e. The van der Waals surface area contributed by atoms with E-state index < -0.39 is 0 Å². The maximum atomic E-state index is 5.91. The molecule has 0 aromatic carbocycles. The molecule has 1 atom stereocenters. The van der Waals surface area contributed by atoms with E-state index >= 15 is 0 Å². The average Bonchev–Trinajstić information content (AvgIpc) is 2.25. The fraction of sp³-hybridized carbons (Fsp3) is 1.00. The van der Waals surface area contributed by atoms with Gasteiger partial charge in [0.15, 0.2) is 0 Å². The summed E-state index contributed by atoms with van der Waals surface area (Å²) in [6, 6.07) is 0. The predicted octanol–water partition coefficient (Wildman–Crippen LogP) is 3.41. The van der Waals surface area contributed by atoms with Gasteiger partial charge >= 0.3 is 0 Å². The third kappa shape index (κ3) is 11.8. The fourth-order valence-electron chi connectivity index (χ4n) is 1.75. The van der Waals surface area contributed by atoms with Crippen LogP contribution in [0.1, 0.15) is 71.6 Å². The van der Waals surface area contributed by atoms with Gasteiger partial charge in [0, 0.05) is 0 Å². The molecule has 0 heterocycles. The smallest absolute Gasteiger partial charge is 0.0546 e. The zero-order valence-corrected chi connectivity index (χ0v) is 10.7. The van der Waals surface area contributed by atoms with Gasteiger partial charge < -0.3 is 11.1 Å². The molecule has 2 nitrogen and oxygen atoms in total.